The summed E-state index contributed by atoms with van der Waals surface area (Å²) in [4.78, 5) is 23.9. The van der Waals surface area contributed by atoms with E-state index in [1.165, 1.54) is 0 Å². The van der Waals surface area contributed by atoms with Crippen LogP contribution in [0.4, 0.5) is 11.6 Å². The molecule has 3 heterocycles. The van der Waals surface area contributed by atoms with E-state index in [0.29, 0.717) is 35.4 Å². The highest BCUT2D eigenvalue weighted by atomic mass is 35.5. The molecule has 2 aromatic carbocycles. The lowest BCUT2D eigenvalue weighted by atomic mass is 9.87. The summed E-state index contributed by atoms with van der Waals surface area (Å²) in [6, 6.07) is 9.67. The van der Waals surface area contributed by atoms with Crippen LogP contribution in [0.3, 0.4) is 0 Å². The Morgan fingerprint density at radius 2 is 1.87 bits per heavy atom. The number of carbonyl (C=O) groups is 1. The summed E-state index contributed by atoms with van der Waals surface area (Å²) in [6.07, 6.45) is 3.83. The summed E-state index contributed by atoms with van der Waals surface area (Å²) in [7, 11) is 1.58. The summed E-state index contributed by atoms with van der Waals surface area (Å²) >= 11 is 6.23. The molecule has 8 nitrogen and oxygen atoms in total. The lowest BCUT2D eigenvalue weighted by molar-refractivity contribution is -0.151. The van der Waals surface area contributed by atoms with Gasteiger partial charge in [0.05, 0.1) is 30.7 Å². The van der Waals surface area contributed by atoms with Crippen LogP contribution in [0.5, 0.6) is 5.75 Å². The number of aryl methyl sites for hydroxylation is 1. The topological polar surface area (TPSA) is 89.7 Å². The van der Waals surface area contributed by atoms with Gasteiger partial charge in [0, 0.05) is 41.4 Å². The van der Waals surface area contributed by atoms with Crippen molar-refractivity contribution in [1.82, 2.24) is 14.5 Å². The number of hydrogen-bond acceptors (Lipinski definition) is 6. The second-order valence-corrected chi connectivity index (χ2v) is 9.92. The number of nitrogens with zero attached hydrogens (tertiary/aromatic N) is 4. The third kappa shape index (κ3) is 4.48. The Labute approximate surface area is 226 Å². The third-order valence-electron chi connectivity index (χ3n) is 7.14. The van der Waals surface area contributed by atoms with Gasteiger partial charge in [0.2, 0.25) is 5.95 Å². The molecule has 1 aliphatic heterocycles. The minimum absolute atomic E-state index is 0.353. The van der Waals surface area contributed by atoms with Gasteiger partial charge < -0.3 is 24.0 Å². The first-order valence-corrected chi connectivity index (χ1v) is 13.1. The number of carboxylic acids is 1. The fraction of sp³-hybridized carbons (Fsp3) is 0.345. The summed E-state index contributed by atoms with van der Waals surface area (Å²) < 4.78 is 13.6. The number of benzene rings is 2. The maximum atomic E-state index is 12.7. The van der Waals surface area contributed by atoms with Crippen molar-refractivity contribution in [3.8, 4) is 16.9 Å². The molecule has 2 aromatic heterocycles. The Kier molecular flexibility index (Phi) is 7.27. The highest BCUT2D eigenvalue weighted by molar-refractivity contribution is 6.30. The van der Waals surface area contributed by atoms with Crippen molar-refractivity contribution >= 4 is 40.1 Å². The number of rotatable bonds is 9. The zero-order valence-electron chi connectivity index (χ0n) is 22.0. The predicted molar refractivity (Wildman–Crippen MR) is 149 cm³/mol. The van der Waals surface area contributed by atoms with Crippen molar-refractivity contribution in [2.75, 3.05) is 25.2 Å². The molecule has 0 bridgehead atoms. The maximum Gasteiger partial charge on any atom is 0.337 e. The first-order chi connectivity index (χ1) is 18.3. The van der Waals surface area contributed by atoms with Crippen molar-refractivity contribution in [1.29, 1.82) is 0 Å². The van der Waals surface area contributed by atoms with Crippen LogP contribution in [0.1, 0.15) is 42.7 Å². The molecule has 0 saturated heterocycles. The van der Waals surface area contributed by atoms with E-state index in [0.717, 1.165) is 58.4 Å². The Bertz CT molecular complexity index is 1480. The molecular weight excluding hydrogens is 504 g/mol. The molecule has 0 spiro atoms. The van der Waals surface area contributed by atoms with Crippen molar-refractivity contribution in [3.05, 3.63) is 64.6 Å². The molecule has 4 aromatic rings. The van der Waals surface area contributed by atoms with Crippen LogP contribution in [0.25, 0.3) is 22.0 Å². The van der Waals surface area contributed by atoms with Crippen LogP contribution in [-0.4, -0.2) is 45.9 Å². The van der Waals surface area contributed by atoms with E-state index in [1.807, 2.05) is 31.2 Å². The summed E-state index contributed by atoms with van der Waals surface area (Å²) in [5, 5.41) is 12.0. The number of aromatic nitrogens is 3. The average Bonchev–Trinajstić information content (AvgIpc) is 3.25. The maximum absolute atomic E-state index is 12.7. The Hall–Kier alpha value is -3.62. The summed E-state index contributed by atoms with van der Waals surface area (Å²) in [6.45, 7) is 7.84. The first-order valence-electron chi connectivity index (χ1n) is 12.8. The fourth-order valence-corrected chi connectivity index (χ4v) is 5.45. The van der Waals surface area contributed by atoms with Gasteiger partial charge in [0.1, 0.15) is 0 Å². The van der Waals surface area contributed by atoms with Crippen LogP contribution < -0.4 is 9.64 Å². The minimum Gasteiger partial charge on any atom is -0.494 e. The smallest absolute Gasteiger partial charge is 0.337 e. The molecule has 0 aliphatic carbocycles. The molecule has 1 atom stereocenters. The number of carboxylic acid groups (broad SMARTS) is 1. The molecule has 0 saturated carbocycles. The van der Waals surface area contributed by atoms with Crippen molar-refractivity contribution in [3.63, 3.8) is 0 Å². The Morgan fingerprint density at radius 3 is 2.50 bits per heavy atom. The third-order valence-corrected chi connectivity index (χ3v) is 7.39. The van der Waals surface area contributed by atoms with Gasteiger partial charge in [-0.2, -0.15) is 0 Å². The van der Waals surface area contributed by atoms with E-state index in [9.17, 15) is 9.90 Å². The number of aliphatic carboxylic acids is 1. The molecular formula is C29H31ClN4O4. The number of methoxy groups -OCH3 is 1. The van der Waals surface area contributed by atoms with Crippen LogP contribution in [0.15, 0.2) is 42.7 Å². The monoisotopic (exact) mass is 534 g/mol. The highest BCUT2D eigenvalue weighted by Crippen LogP contribution is 2.48. The Balaban J connectivity index is 1.83. The second-order valence-electron chi connectivity index (χ2n) is 9.49. The van der Waals surface area contributed by atoms with E-state index >= 15 is 0 Å². The second kappa shape index (κ2) is 10.6. The molecule has 1 N–H and O–H groups in total. The molecule has 0 radical (unpaired) electrons. The average molecular weight is 535 g/mol. The van der Waals surface area contributed by atoms with Crippen LogP contribution >= 0.6 is 11.6 Å². The summed E-state index contributed by atoms with van der Waals surface area (Å²) in [5.41, 5.74) is 6.21. The number of anilines is 2. The van der Waals surface area contributed by atoms with Gasteiger partial charge in [-0.05, 0) is 55.2 Å². The van der Waals surface area contributed by atoms with Crippen LogP contribution in [0, 0.1) is 13.8 Å². The standard InChI is InChI=1S/C29H31ClN4O4/c1-5-6-13-38-27(28(35)36)23-18(3)25-26-22(24(23)19-7-9-20(30)10-8-19)14-17(2)33(26)11-12-34(25)29-31-15-21(37-4)16-32-29/h7-10,14-16,27H,5-6,11-13H2,1-4H3,(H,35,36)/t27-/m0/s1. The van der Waals surface area contributed by atoms with Gasteiger partial charge in [-0.3, -0.25) is 0 Å². The quantitative estimate of drug-likeness (QED) is 0.246. The van der Waals surface area contributed by atoms with E-state index in [4.69, 9.17) is 21.1 Å². The van der Waals surface area contributed by atoms with Crippen molar-refractivity contribution in [2.24, 2.45) is 0 Å². The van der Waals surface area contributed by atoms with Crippen LogP contribution in [0.2, 0.25) is 5.02 Å². The molecule has 0 amide bonds. The van der Waals surface area contributed by atoms with Gasteiger partial charge in [-0.15, -0.1) is 0 Å². The first kappa shape index (κ1) is 26.0. The molecule has 0 fully saturated rings. The molecule has 38 heavy (non-hydrogen) atoms. The zero-order chi connectivity index (χ0) is 27.0. The molecule has 0 unspecified atom stereocenters. The fourth-order valence-electron chi connectivity index (χ4n) is 5.32. The molecule has 9 heteroatoms. The van der Waals surface area contributed by atoms with Gasteiger partial charge in [-0.1, -0.05) is 37.1 Å². The van der Waals surface area contributed by atoms with Gasteiger partial charge in [-0.25, -0.2) is 14.8 Å². The lowest BCUT2D eigenvalue weighted by Gasteiger charge is -2.33. The normalized spacial score (nSPS) is 13.7. The minimum atomic E-state index is -1.14. The number of unbranched alkanes of at least 4 members (excludes halogenated alkanes) is 1. The lowest BCUT2D eigenvalue weighted by Crippen LogP contribution is -2.31. The van der Waals surface area contributed by atoms with Gasteiger partial charge in [0.25, 0.3) is 0 Å². The number of hydrogen-bond donors (Lipinski definition) is 1. The van der Waals surface area contributed by atoms with Crippen molar-refractivity contribution < 1.29 is 19.4 Å². The van der Waals surface area contributed by atoms with Crippen LogP contribution in [-0.2, 0) is 16.1 Å². The van der Waals surface area contributed by atoms with Gasteiger partial charge in [0.15, 0.2) is 11.9 Å². The van der Waals surface area contributed by atoms with E-state index in [2.05, 4.69) is 39.3 Å². The van der Waals surface area contributed by atoms with E-state index in [1.54, 1.807) is 19.5 Å². The highest BCUT2D eigenvalue weighted by Gasteiger charge is 2.35. The number of halogens is 1. The number of ether oxygens (including phenoxy) is 2. The zero-order valence-corrected chi connectivity index (χ0v) is 22.7. The largest absolute Gasteiger partial charge is 0.494 e. The van der Waals surface area contributed by atoms with Crippen molar-refractivity contribution in [2.45, 2.75) is 46.3 Å². The predicted octanol–water partition coefficient (Wildman–Crippen LogP) is 6.47. The molecule has 1 aliphatic rings. The SMILES string of the molecule is CCCCO[C@H](C(=O)O)c1c(C)c2c3c(cc(C)n3CCN2c2ncc(OC)cn2)c1-c1ccc(Cl)cc1. The molecule has 198 valence electrons. The van der Waals surface area contributed by atoms with Gasteiger partial charge >= 0.3 is 5.97 Å². The molecule has 5 rings (SSSR count). The summed E-state index contributed by atoms with van der Waals surface area (Å²) in [5.74, 6) is 0.0790. The van der Waals surface area contributed by atoms with E-state index in [-0.39, 0.29) is 0 Å². The van der Waals surface area contributed by atoms with E-state index < -0.39 is 12.1 Å². The Morgan fingerprint density at radius 1 is 1.16 bits per heavy atom.